The van der Waals surface area contributed by atoms with Crippen LogP contribution in [0.5, 0.6) is 0 Å². The van der Waals surface area contributed by atoms with Crippen molar-refractivity contribution in [1.29, 1.82) is 5.41 Å². The summed E-state index contributed by atoms with van der Waals surface area (Å²) in [5, 5.41) is 29.8. The van der Waals surface area contributed by atoms with E-state index < -0.39 is 24.3 Å². The summed E-state index contributed by atoms with van der Waals surface area (Å²) in [6, 6.07) is 12.3. The molecule has 6 N–H and O–H groups in total. The fourth-order valence-electron chi connectivity index (χ4n) is 3.19. The molecule has 0 aliphatic heterocycles. The minimum atomic E-state index is -1.57. The van der Waals surface area contributed by atoms with E-state index in [1.54, 1.807) is 37.3 Å². The number of nitrogens with one attached hydrogen (secondary N) is 2. The zero-order valence-electron chi connectivity index (χ0n) is 19.0. The maximum atomic E-state index is 12.8. The first-order valence-electron chi connectivity index (χ1n) is 10.4. The van der Waals surface area contributed by atoms with Gasteiger partial charge in [-0.15, -0.1) is 0 Å². The number of nitrogens with zero attached hydrogens (tertiary/aromatic N) is 1. The average molecular weight is 441 g/mol. The fraction of sp³-hybridized carbons (Fsp3) is 0.375. The number of nitrogens with two attached hydrogens (primary N) is 1. The van der Waals surface area contributed by atoms with Crippen molar-refractivity contribution in [3.63, 3.8) is 0 Å². The number of aliphatic hydroxyl groups is 2. The summed E-state index contributed by atoms with van der Waals surface area (Å²) in [6.45, 7) is 7.79. The highest BCUT2D eigenvalue weighted by Gasteiger charge is 2.24. The molecule has 0 fully saturated rings. The minimum absolute atomic E-state index is 0.0423. The third kappa shape index (κ3) is 6.38. The molecule has 8 heteroatoms. The van der Waals surface area contributed by atoms with Gasteiger partial charge in [0.2, 0.25) is 5.91 Å². The molecule has 2 amide bonds. The van der Waals surface area contributed by atoms with Crippen LogP contribution in [-0.2, 0) is 15.0 Å². The van der Waals surface area contributed by atoms with Crippen molar-refractivity contribution in [2.24, 2.45) is 5.73 Å². The van der Waals surface area contributed by atoms with E-state index in [-0.39, 0.29) is 24.4 Å². The number of carbonyl (C=O) groups excluding carboxylic acids is 2. The summed E-state index contributed by atoms with van der Waals surface area (Å²) in [5.74, 6) is -1.28. The Morgan fingerprint density at radius 2 is 1.78 bits per heavy atom. The monoisotopic (exact) mass is 440 g/mol. The molecule has 0 aliphatic rings. The zero-order valence-corrected chi connectivity index (χ0v) is 19.0. The molecule has 32 heavy (non-hydrogen) atoms. The highest BCUT2D eigenvalue weighted by molar-refractivity contribution is 6.01. The van der Waals surface area contributed by atoms with Crippen LogP contribution < -0.4 is 16.0 Å². The van der Waals surface area contributed by atoms with Crippen molar-refractivity contribution in [3.8, 4) is 0 Å². The SMILES string of the molecule is Cc1cc(C(=N)N)ccc1NC(=O)C(O)CC(=O)N(CCO)c1ccc(C(C)(C)C)cc1. The molecule has 0 aliphatic carbocycles. The Labute approximate surface area is 188 Å². The van der Waals surface area contributed by atoms with Crippen molar-refractivity contribution in [2.45, 2.75) is 45.6 Å². The van der Waals surface area contributed by atoms with Gasteiger partial charge < -0.3 is 26.2 Å². The number of carbonyl (C=O) groups is 2. The lowest BCUT2D eigenvalue weighted by Crippen LogP contribution is -2.39. The summed E-state index contributed by atoms with van der Waals surface area (Å²) >= 11 is 0. The van der Waals surface area contributed by atoms with Crippen molar-refractivity contribution in [3.05, 3.63) is 59.2 Å². The van der Waals surface area contributed by atoms with Gasteiger partial charge in [0, 0.05) is 23.5 Å². The number of nitrogen functional groups attached to an aromatic ring is 1. The lowest BCUT2D eigenvalue weighted by Gasteiger charge is -2.25. The summed E-state index contributed by atoms with van der Waals surface area (Å²) in [6.07, 6.45) is -2.00. The molecule has 2 aromatic rings. The second-order valence-corrected chi connectivity index (χ2v) is 8.72. The molecule has 0 bridgehead atoms. The quantitative estimate of drug-likeness (QED) is 0.316. The molecule has 0 aromatic heterocycles. The topological polar surface area (TPSA) is 140 Å². The second-order valence-electron chi connectivity index (χ2n) is 8.72. The summed E-state index contributed by atoms with van der Waals surface area (Å²) in [4.78, 5) is 26.6. The number of hydrogen-bond donors (Lipinski definition) is 5. The average Bonchev–Trinajstić information content (AvgIpc) is 2.72. The zero-order chi connectivity index (χ0) is 24.1. The Kier molecular flexibility index (Phi) is 8.13. The molecule has 8 nitrogen and oxygen atoms in total. The van der Waals surface area contributed by atoms with E-state index in [1.807, 2.05) is 12.1 Å². The summed E-state index contributed by atoms with van der Waals surface area (Å²) in [7, 11) is 0. The van der Waals surface area contributed by atoms with E-state index >= 15 is 0 Å². The van der Waals surface area contributed by atoms with E-state index in [0.29, 0.717) is 22.5 Å². The maximum absolute atomic E-state index is 12.8. The van der Waals surface area contributed by atoms with Crippen molar-refractivity contribution in [2.75, 3.05) is 23.4 Å². The number of amides is 2. The lowest BCUT2D eigenvalue weighted by atomic mass is 9.87. The summed E-state index contributed by atoms with van der Waals surface area (Å²) in [5.41, 5.74) is 8.75. The van der Waals surface area contributed by atoms with Gasteiger partial charge in [0.05, 0.1) is 13.0 Å². The highest BCUT2D eigenvalue weighted by atomic mass is 16.3. The summed E-state index contributed by atoms with van der Waals surface area (Å²) < 4.78 is 0. The first-order valence-corrected chi connectivity index (χ1v) is 10.4. The largest absolute Gasteiger partial charge is 0.395 e. The second kappa shape index (κ2) is 10.4. The number of aryl methyl sites for hydroxylation is 1. The van der Waals surface area contributed by atoms with Crippen LogP contribution in [0.25, 0.3) is 0 Å². The van der Waals surface area contributed by atoms with Gasteiger partial charge >= 0.3 is 0 Å². The van der Waals surface area contributed by atoms with Gasteiger partial charge in [-0.2, -0.15) is 0 Å². The highest BCUT2D eigenvalue weighted by Crippen LogP contribution is 2.25. The van der Waals surface area contributed by atoms with Gasteiger partial charge in [-0.05, 0) is 53.8 Å². The molecule has 1 atom stereocenters. The first kappa shape index (κ1) is 25.0. The number of aliphatic hydroxyl groups excluding tert-OH is 2. The van der Waals surface area contributed by atoms with Crippen LogP contribution in [0.15, 0.2) is 42.5 Å². The third-order valence-electron chi connectivity index (χ3n) is 5.14. The van der Waals surface area contributed by atoms with Gasteiger partial charge in [0.15, 0.2) is 0 Å². The van der Waals surface area contributed by atoms with Crippen LogP contribution in [0, 0.1) is 12.3 Å². The van der Waals surface area contributed by atoms with Gasteiger partial charge in [0.1, 0.15) is 11.9 Å². The van der Waals surface area contributed by atoms with Gasteiger partial charge in [-0.3, -0.25) is 15.0 Å². The van der Waals surface area contributed by atoms with Crippen LogP contribution in [0.3, 0.4) is 0 Å². The van der Waals surface area contributed by atoms with Gasteiger partial charge in [-0.1, -0.05) is 32.9 Å². The predicted octanol–water partition coefficient (Wildman–Crippen LogP) is 2.29. The Hall–Kier alpha value is -3.23. The first-order chi connectivity index (χ1) is 14.9. The van der Waals surface area contributed by atoms with Crippen molar-refractivity contribution < 1.29 is 19.8 Å². The number of anilines is 2. The fourth-order valence-corrected chi connectivity index (χ4v) is 3.19. The molecule has 0 saturated heterocycles. The van der Waals surface area contributed by atoms with E-state index in [1.165, 1.54) is 4.90 Å². The number of rotatable bonds is 8. The molecule has 2 rings (SSSR count). The molecule has 0 heterocycles. The van der Waals surface area contributed by atoms with Crippen molar-refractivity contribution in [1.82, 2.24) is 0 Å². The standard InChI is InChI=1S/C24H32N4O4/c1-15-13-16(22(25)26)5-10-19(15)27-23(32)20(30)14-21(31)28(11-12-29)18-8-6-17(7-9-18)24(2,3)4/h5-10,13,20,29-30H,11-12,14H2,1-4H3,(H3,25,26)(H,27,32). The molecular formula is C24H32N4O4. The smallest absolute Gasteiger partial charge is 0.253 e. The normalized spacial score (nSPS) is 12.2. The van der Waals surface area contributed by atoms with Crippen LogP contribution in [0.2, 0.25) is 0 Å². The Bertz CT molecular complexity index is 980. The lowest BCUT2D eigenvalue weighted by molar-refractivity contribution is -0.129. The Morgan fingerprint density at radius 1 is 1.16 bits per heavy atom. The van der Waals surface area contributed by atoms with Crippen LogP contribution >= 0.6 is 0 Å². The minimum Gasteiger partial charge on any atom is -0.395 e. The van der Waals surface area contributed by atoms with Crippen LogP contribution in [0.1, 0.15) is 43.9 Å². The Morgan fingerprint density at radius 3 is 2.28 bits per heavy atom. The number of amidine groups is 1. The van der Waals surface area contributed by atoms with E-state index in [0.717, 1.165) is 5.56 Å². The van der Waals surface area contributed by atoms with Crippen molar-refractivity contribution >= 4 is 29.0 Å². The molecule has 1 unspecified atom stereocenters. The van der Waals surface area contributed by atoms with Gasteiger partial charge in [0.25, 0.3) is 5.91 Å². The molecule has 0 spiro atoms. The molecule has 172 valence electrons. The van der Waals surface area contributed by atoms with E-state index in [4.69, 9.17) is 11.1 Å². The number of benzene rings is 2. The maximum Gasteiger partial charge on any atom is 0.253 e. The molecule has 0 saturated carbocycles. The van der Waals surface area contributed by atoms with Crippen LogP contribution in [0.4, 0.5) is 11.4 Å². The van der Waals surface area contributed by atoms with E-state index in [9.17, 15) is 19.8 Å². The Balaban J connectivity index is 2.09. The van der Waals surface area contributed by atoms with E-state index in [2.05, 4.69) is 26.1 Å². The molecular weight excluding hydrogens is 408 g/mol. The number of hydrogen-bond acceptors (Lipinski definition) is 5. The third-order valence-corrected chi connectivity index (χ3v) is 5.14. The van der Waals surface area contributed by atoms with Gasteiger partial charge in [-0.25, -0.2) is 0 Å². The molecule has 2 aromatic carbocycles. The predicted molar refractivity (Wildman–Crippen MR) is 126 cm³/mol. The molecule has 0 radical (unpaired) electrons. The van der Waals surface area contributed by atoms with Crippen LogP contribution in [-0.4, -0.2) is 47.1 Å².